The van der Waals surface area contributed by atoms with Crippen LogP contribution >= 0.6 is 0 Å². The van der Waals surface area contributed by atoms with Crippen LogP contribution in [0, 0.1) is 0 Å². The number of rotatable bonds is 3. The van der Waals surface area contributed by atoms with Crippen molar-refractivity contribution in [3.8, 4) is 22.7 Å². The molecule has 1 aliphatic heterocycles. The first-order valence-corrected chi connectivity index (χ1v) is 8.45. The van der Waals surface area contributed by atoms with Gasteiger partial charge in [0.1, 0.15) is 17.1 Å². The minimum Gasteiger partial charge on any atom is -0.354 e. The third kappa shape index (κ3) is 3.28. The quantitative estimate of drug-likeness (QED) is 0.734. The fourth-order valence-electron chi connectivity index (χ4n) is 2.99. The molecular weight excluding hydrogens is 316 g/mol. The highest BCUT2D eigenvalue weighted by Crippen LogP contribution is 2.24. The predicted molar refractivity (Wildman–Crippen MR) is 92.7 cm³/mol. The van der Waals surface area contributed by atoms with Crippen LogP contribution in [0.4, 0.5) is 0 Å². The second kappa shape index (κ2) is 6.84. The highest BCUT2D eigenvalue weighted by atomic mass is 16.5. The van der Waals surface area contributed by atoms with E-state index >= 15 is 0 Å². The first kappa shape index (κ1) is 15.5. The number of carbonyl (C=O) groups is 1. The van der Waals surface area contributed by atoms with E-state index in [1.54, 1.807) is 6.20 Å². The lowest BCUT2D eigenvalue weighted by molar-refractivity contribution is 0.0718. The van der Waals surface area contributed by atoms with Crippen molar-refractivity contribution < 1.29 is 9.32 Å². The Labute approximate surface area is 145 Å². The zero-order chi connectivity index (χ0) is 17.1. The summed E-state index contributed by atoms with van der Waals surface area (Å²) in [5, 5.41) is 4.09. The van der Waals surface area contributed by atoms with Crippen LogP contribution in [-0.2, 0) is 0 Å². The average molecular weight is 334 g/mol. The van der Waals surface area contributed by atoms with E-state index in [1.165, 1.54) is 12.6 Å². The second-order valence-electron chi connectivity index (χ2n) is 6.08. The third-order valence-electron chi connectivity index (χ3n) is 4.33. The Morgan fingerprint density at radius 1 is 1.00 bits per heavy atom. The van der Waals surface area contributed by atoms with Crippen LogP contribution < -0.4 is 0 Å². The summed E-state index contributed by atoms with van der Waals surface area (Å²) in [6.45, 7) is 1.57. The van der Waals surface area contributed by atoms with Crippen LogP contribution in [0.25, 0.3) is 22.7 Å². The van der Waals surface area contributed by atoms with Crippen molar-refractivity contribution in [3.63, 3.8) is 0 Å². The molecule has 0 radical (unpaired) electrons. The summed E-state index contributed by atoms with van der Waals surface area (Å²) in [5.74, 6) is 0.427. The van der Waals surface area contributed by atoms with Crippen molar-refractivity contribution in [1.29, 1.82) is 0 Å². The van der Waals surface area contributed by atoms with E-state index in [0.717, 1.165) is 37.2 Å². The maximum atomic E-state index is 12.6. The maximum absolute atomic E-state index is 12.6. The molecule has 3 heterocycles. The van der Waals surface area contributed by atoms with Crippen LogP contribution in [-0.4, -0.2) is 39.0 Å². The van der Waals surface area contributed by atoms with E-state index in [0.29, 0.717) is 17.1 Å². The van der Waals surface area contributed by atoms with Crippen molar-refractivity contribution in [2.24, 2.45) is 0 Å². The molecule has 1 aliphatic rings. The lowest BCUT2D eigenvalue weighted by atomic mass is 10.1. The molecule has 4 rings (SSSR count). The monoisotopic (exact) mass is 334 g/mol. The lowest BCUT2D eigenvalue weighted by Crippen LogP contribution is -2.36. The van der Waals surface area contributed by atoms with Gasteiger partial charge in [-0.15, -0.1) is 0 Å². The summed E-state index contributed by atoms with van der Waals surface area (Å²) < 4.78 is 5.41. The van der Waals surface area contributed by atoms with Crippen LogP contribution in [0.3, 0.4) is 0 Å². The third-order valence-corrected chi connectivity index (χ3v) is 4.33. The molecule has 1 aromatic carbocycles. The molecule has 2 aromatic heterocycles. The standard InChI is InChI=1S/C19H18N4O2/c24-19(23-9-5-2-6-10-23)17-13-20-12-16(21-17)18-11-15(22-25-18)14-7-3-1-4-8-14/h1,3-4,7-8,11-13H,2,5-6,9-10H2. The molecule has 6 nitrogen and oxygen atoms in total. The molecule has 3 aromatic rings. The van der Waals surface area contributed by atoms with Crippen LogP contribution in [0.5, 0.6) is 0 Å². The van der Waals surface area contributed by atoms with Crippen molar-refractivity contribution in [3.05, 3.63) is 54.5 Å². The van der Waals surface area contributed by atoms with E-state index < -0.39 is 0 Å². The summed E-state index contributed by atoms with van der Waals surface area (Å²) in [6.07, 6.45) is 6.36. The van der Waals surface area contributed by atoms with Crippen LogP contribution in [0.15, 0.2) is 53.3 Å². The highest BCUT2D eigenvalue weighted by Gasteiger charge is 2.20. The topological polar surface area (TPSA) is 72.1 Å². The van der Waals surface area contributed by atoms with Crippen molar-refractivity contribution in [1.82, 2.24) is 20.0 Å². The number of aromatic nitrogens is 3. The lowest BCUT2D eigenvalue weighted by Gasteiger charge is -2.26. The molecule has 1 amide bonds. The van der Waals surface area contributed by atoms with Gasteiger partial charge in [-0.1, -0.05) is 35.5 Å². The smallest absolute Gasteiger partial charge is 0.274 e. The molecule has 0 spiro atoms. The molecule has 0 bridgehead atoms. The molecule has 0 saturated carbocycles. The molecule has 0 atom stereocenters. The van der Waals surface area contributed by atoms with Gasteiger partial charge in [-0.2, -0.15) is 0 Å². The molecule has 0 N–H and O–H groups in total. The van der Waals surface area contributed by atoms with Gasteiger partial charge in [0.15, 0.2) is 5.76 Å². The number of nitrogens with zero attached hydrogens (tertiary/aromatic N) is 4. The molecule has 0 unspecified atom stereocenters. The van der Waals surface area contributed by atoms with Gasteiger partial charge in [0, 0.05) is 24.7 Å². The molecular formula is C19H18N4O2. The number of carbonyl (C=O) groups excluding carboxylic acids is 1. The average Bonchev–Trinajstić information content (AvgIpc) is 3.19. The fraction of sp³-hybridized carbons (Fsp3) is 0.263. The summed E-state index contributed by atoms with van der Waals surface area (Å²) >= 11 is 0. The van der Waals surface area contributed by atoms with E-state index in [2.05, 4.69) is 15.1 Å². The molecule has 25 heavy (non-hydrogen) atoms. The zero-order valence-electron chi connectivity index (χ0n) is 13.8. The minimum absolute atomic E-state index is 0.0724. The van der Waals surface area contributed by atoms with Crippen molar-refractivity contribution in [2.45, 2.75) is 19.3 Å². The summed E-state index contributed by atoms with van der Waals surface area (Å²) in [4.78, 5) is 23.0. The molecule has 1 fully saturated rings. The first-order chi connectivity index (χ1) is 12.3. The Kier molecular flexibility index (Phi) is 4.24. The number of hydrogen-bond acceptors (Lipinski definition) is 5. The summed E-state index contributed by atoms with van der Waals surface area (Å²) in [6, 6.07) is 11.6. The van der Waals surface area contributed by atoms with Crippen LogP contribution in [0.1, 0.15) is 29.8 Å². The molecule has 126 valence electrons. The van der Waals surface area contributed by atoms with Crippen molar-refractivity contribution >= 4 is 5.91 Å². The summed E-state index contributed by atoms with van der Waals surface area (Å²) in [7, 11) is 0. The predicted octanol–water partition coefficient (Wildman–Crippen LogP) is 3.42. The van der Waals surface area contributed by atoms with E-state index in [9.17, 15) is 4.79 Å². The Morgan fingerprint density at radius 3 is 2.60 bits per heavy atom. The summed E-state index contributed by atoms with van der Waals surface area (Å²) in [5.41, 5.74) is 2.55. The number of hydrogen-bond donors (Lipinski definition) is 0. The van der Waals surface area contributed by atoms with Gasteiger partial charge in [-0.3, -0.25) is 9.78 Å². The number of amides is 1. The van der Waals surface area contributed by atoms with Gasteiger partial charge in [0.2, 0.25) is 0 Å². The second-order valence-corrected chi connectivity index (χ2v) is 6.08. The number of benzene rings is 1. The van der Waals surface area contributed by atoms with Gasteiger partial charge in [0.05, 0.1) is 12.4 Å². The van der Waals surface area contributed by atoms with Gasteiger partial charge in [-0.25, -0.2) is 4.98 Å². The maximum Gasteiger partial charge on any atom is 0.274 e. The largest absolute Gasteiger partial charge is 0.354 e. The Hall–Kier alpha value is -3.02. The Morgan fingerprint density at radius 2 is 1.80 bits per heavy atom. The van der Waals surface area contributed by atoms with Crippen molar-refractivity contribution in [2.75, 3.05) is 13.1 Å². The van der Waals surface area contributed by atoms with Crippen LogP contribution in [0.2, 0.25) is 0 Å². The number of piperidine rings is 1. The Balaban J connectivity index is 1.59. The van der Waals surface area contributed by atoms with E-state index in [1.807, 2.05) is 41.3 Å². The zero-order valence-corrected chi connectivity index (χ0v) is 13.8. The normalized spacial score (nSPS) is 14.5. The van der Waals surface area contributed by atoms with Gasteiger partial charge in [-0.05, 0) is 19.3 Å². The van der Waals surface area contributed by atoms with Gasteiger partial charge < -0.3 is 9.42 Å². The highest BCUT2D eigenvalue weighted by molar-refractivity contribution is 5.92. The Bertz CT molecular complexity index is 870. The van der Waals surface area contributed by atoms with Gasteiger partial charge >= 0.3 is 0 Å². The fourth-order valence-corrected chi connectivity index (χ4v) is 2.99. The minimum atomic E-state index is -0.0724. The first-order valence-electron chi connectivity index (χ1n) is 8.45. The molecule has 6 heteroatoms. The number of likely N-dealkylation sites (tertiary alicyclic amines) is 1. The molecule has 1 saturated heterocycles. The van der Waals surface area contributed by atoms with E-state index in [4.69, 9.17) is 4.52 Å². The van der Waals surface area contributed by atoms with E-state index in [-0.39, 0.29) is 5.91 Å². The van der Waals surface area contributed by atoms with Gasteiger partial charge in [0.25, 0.3) is 5.91 Å². The SMILES string of the molecule is O=C(c1cncc(-c2cc(-c3ccccc3)no2)n1)N1CCCCC1. The molecule has 0 aliphatic carbocycles.